The number of ether oxygens (including phenoxy) is 1. The molecule has 8 heteroatoms. The largest absolute Gasteiger partial charge is 0.472 e. The molecule has 0 bridgehead atoms. The molecule has 0 aliphatic carbocycles. The van der Waals surface area contributed by atoms with E-state index in [9.17, 15) is 0 Å². The van der Waals surface area contributed by atoms with Gasteiger partial charge in [0.25, 0.3) is 0 Å². The molecule has 2 aliphatic rings. The molecular weight excluding hydrogens is 342 g/mol. The highest BCUT2D eigenvalue weighted by atomic mass is 16.5. The number of aliphatic imine (C=N–C) groups is 1. The van der Waals surface area contributed by atoms with E-state index >= 15 is 0 Å². The van der Waals surface area contributed by atoms with E-state index in [1.54, 1.807) is 6.20 Å². The van der Waals surface area contributed by atoms with Gasteiger partial charge in [0.05, 0.1) is 13.1 Å². The quantitative estimate of drug-likeness (QED) is 0.652. The number of hydrogen-bond acceptors (Lipinski definition) is 5. The molecule has 0 spiro atoms. The summed E-state index contributed by atoms with van der Waals surface area (Å²) in [4.78, 5) is 10.9. The Balaban J connectivity index is 1.33. The molecule has 144 valence electrons. The molecule has 2 aromatic heterocycles. The Morgan fingerprint density at radius 1 is 1.26 bits per heavy atom. The molecular formula is C19H27N7O. The monoisotopic (exact) mass is 369 g/mol. The highest BCUT2D eigenvalue weighted by molar-refractivity contribution is 5.80. The van der Waals surface area contributed by atoms with Crippen LogP contribution < -0.4 is 10.1 Å². The molecule has 1 unspecified atom stereocenters. The minimum absolute atomic E-state index is 0.128. The zero-order chi connectivity index (χ0) is 18.5. The molecule has 1 saturated heterocycles. The van der Waals surface area contributed by atoms with Gasteiger partial charge < -0.3 is 19.5 Å². The van der Waals surface area contributed by atoms with Crippen LogP contribution in [0.4, 0.5) is 0 Å². The number of guanidine groups is 1. The fourth-order valence-corrected chi connectivity index (χ4v) is 3.77. The average Bonchev–Trinajstić information content (AvgIpc) is 3.23. The van der Waals surface area contributed by atoms with Crippen molar-refractivity contribution in [3.8, 4) is 5.88 Å². The Bertz CT molecular complexity index is 774. The Labute approximate surface area is 159 Å². The number of aryl methyl sites for hydroxylation is 1. The summed E-state index contributed by atoms with van der Waals surface area (Å²) in [6.45, 7) is 3.37. The first-order valence-electron chi connectivity index (χ1n) is 9.78. The lowest BCUT2D eigenvalue weighted by atomic mass is 10.2. The summed E-state index contributed by atoms with van der Waals surface area (Å²) in [6.07, 6.45) is 7.54. The van der Waals surface area contributed by atoms with Crippen molar-refractivity contribution in [2.45, 2.75) is 51.3 Å². The third-order valence-electron chi connectivity index (χ3n) is 5.17. The van der Waals surface area contributed by atoms with E-state index in [4.69, 9.17) is 4.74 Å². The lowest BCUT2D eigenvalue weighted by molar-refractivity contribution is 0.205. The Morgan fingerprint density at radius 2 is 2.22 bits per heavy atom. The van der Waals surface area contributed by atoms with Crippen molar-refractivity contribution in [2.24, 2.45) is 4.99 Å². The topological polar surface area (TPSA) is 80.5 Å². The molecule has 0 aromatic carbocycles. The molecule has 1 N–H and O–H groups in total. The van der Waals surface area contributed by atoms with Crippen molar-refractivity contribution in [1.82, 2.24) is 30.0 Å². The first-order chi connectivity index (χ1) is 13.3. The van der Waals surface area contributed by atoms with E-state index in [1.807, 2.05) is 25.2 Å². The Kier molecular flexibility index (Phi) is 5.50. The summed E-state index contributed by atoms with van der Waals surface area (Å²) in [5.74, 6) is 3.67. The van der Waals surface area contributed by atoms with Crippen molar-refractivity contribution < 1.29 is 4.74 Å². The number of fused-ring (bicyclic) bond motifs is 1. The molecule has 4 rings (SSSR count). The molecule has 27 heavy (non-hydrogen) atoms. The summed E-state index contributed by atoms with van der Waals surface area (Å²) in [5.41, 5.74) is 0. The fraction of sp³-hybridized carbons (Fsp3) is 0.579. The number of nitrogens with zero attached hydrogens (tertiary/aromatic N) is 6. The predicted octanol–water partition coefficient (Wildman–Crippen LogP) is 1.63. The minimum Gasteiger partial charge on any atom is -0.472 e. The van der Waals surface area contributed by atoms with Gasteiger partial charge in [0.15, 0.2) is 11.8 Å². The maximum atomic E-state index is 5.98. The third-order valence-corrected chi connectivity index (χ3v) is 5.17. The van der Waals surface area contributed by atoms with Crippen LogP contribution in [0.15, 0.2) is 29.4 Å². The van der Waals surface area contributed by atoms with E-state index in [2.05, 4.69) is 35.0 Å². The number of aromatic nitrogens is 4. The second-order valence-corrected chi connectivity index (χ2v) is 7.04. The van der Waals surface area contributed by atoms with Gasteiger partial charge in [-0.1, -0.05) is 12.5 Å². The van der Waals surface area contributed by atoms with E-state index in [-0.39, 0.29) is 6.10 Å². The van der Waals surface area contributed by atoms with E-state index in [1.165, 1.54) is 19.3 Å². The van der Waals surface area contributed by atoms with E-state index in [0.29, 0.717) is 12.4 Å². The summed E-state index contributed by atoms with van der Waals surface area (Å²) in [7, 11) is 1.82. The number of pyridine rings is 1. The number of rotatable bonds is 4. The smallest absolute Gasteiger partial charge is 0.213 e. The zero-order valence-electron chi connectivity index (χ0n) is 15.8. The van der Waals surface area contributed by atoms with Crippen LogP contribution >= 0.6 is 0 Å². The van der Waals surface area contributed by atoms with Crippen LogP contribution in [0.25, 0.3) is 0 Å². The second-order valence-electron chi connectivity index (χ2n) is 7.04. The standard InChI is InChI=1S/C19H27N7O/c1-20-19(22-13-17-24-23-16-7-3-2-6-11-26(16)17)25-12-9-15(14-25)27-18-8-4-5-10-21-18/h4-5,8,10,15H,2-3,6-7,9,11-14H2,1H3,(H,20,22). The van der Waals surface area contributed by atoms with Gasteiger partial charge in [0, 0.05) is 45.2 Å². The normalized spacial score (nSPS) is 20.3. The van der Waals surface area contributed by atoms with E-state index < -0.39 is 0 Å². The highest BCUT2D eigenvalue weighted by Crippen LogP contribution is 2.17. The number of likely N-dealkylation sites (tertiary alicyclic amines) is 1. The first-order valence-corrected chi connectivity index (χ1v) is 9.78. The minimum atomic E-state index is 0.128. The number of hydrogen-bond donors (Lipinski definition) is 1. The van der Waals surface area contributed by atoms with Gasteiger partial charge in [-0.2, -0.15) is 0 Å². The van der Waals surface area contributed by atoms with Crippen LogP contribution in [-0.2, 0) is 19.5 Å². The van der Waals surface area contributed by atoms with Gasteiger partial charge in [-0.25, -0.2) is 4.98 Å². The van der Waals surface area contributed by atoms with E-state index in [0.717, 1.165) is 50.1 Å². The lowest BCUT2D eigenvalue weighted by Gasteiger charge is -2.21. The van der Waals surface area contributed by atoms with Gasteiger partial charge >= 0.3 is 0 Å². The van der Waals surface area contributed by atoms with Crippen molar-refractivity contribution in [3.05, 3.63) is 36.0 Å². The summed E-state index contributed by atoms with van der Waals surface area (Å²) in [6, 6.07) is 5.73. The molecule has 2 aromatic rings. The average molecular weight is 369 g/mol. The highest BCUT2D eigenvalue weighted by Gasteiger charge is 2.27. The molecule has 0 saturated carbocycles. The van der Waals surface area contributed by atoms with Crippen LogP contribution in [-0.4, -0.2) is 56.8 Å². The molecule has 1 atom stereocenters. The molecule has 0 amide bonds. The Hall–Kier alpha value is -2.64. The molecule has 1 fully saturated rings. The maximum Gasteiger partial charge on any atom is 0.213 e. The Morgan fingerprint density at radius 3 is 3.07 bits per heavy atom. The summed E-state index contributed by atoms with van der Waals surface area (Å²) in [5, 5.41) is 12.2. The molecule has 0 radical (unpaired) electrons. The van der Waals surface area contributed by atoms with Gasteiger partial charge in [-0.3, -0.25) is 4.99 Å². The molecule has 4 heterocycles. The van der Waals surface area contributed by atoms with Gasteiger partial charge in [-0.05, 0) is 18.9 Å². The van der Waals surface area contributed by atoms with Crippen molar-refractivity contribution in [2.75, 3.05) is 20.1 Å². The van der Waals surface area contributed by atoms with Gasteiger partial charge in [0.2, 0.25) is 5.88 Å². The van der Waals surface area contributed by atoms with Gasteiger partial charge in [0.1, 0.15) is 11.9 Å². The molecule has 2 aliphatic heterocycles. The SMILES string of the molecule is CN=C(NCc1nnc2n1CCCCC2)N1CCC(Oc2ccccn2)C1. The first kappa shape index (κ1) is 17.8. The van der Waals surface area contributed by atoms with Crippen molar-refractivity contribution in [1.29, 1.82) is 0 Å². The van der Waals surface area contributed by atoms with Crippen LogP contribution in [0.3, 0.4) is 0 Å². The van der Waals surface area contributed by atoms with Crippen LogP contribution in [0, 0.1) is 0 Å². The van der Waals surface area contributed by atoms with Gasteiger partial charge in [-0.15, -0.1) is 10.2 Å². The summed E-state index contributed by atoms with van der Waals surface area (Å²) < 4.78 is 8.24. The second kappa shape index (κ2) is 8.37. The summed E-state index contributed by atoms with van der Waals surface area (Å²) >= 11 is 0. The number of nitrogens with one attached hydrogen (secondary N) is 1. The molecule has 8 nitrogen and oxygen atoms in total. The van der Waals surface area contributed by atoms with Crippen LogP contribution in [0.2, 0.25) is 0 Å². The fourth-order valence-electron chi connectivity index (χ4n) is 3.77. The third kappa shape index (κ3) is 4.20. The van der Waals surface area contributed by atoms with Crippen LogP contribution in [0.1, 0.15) is 37.3 Å². The lowest BCUT2D eigenvalue weighted by Crippen LogP contribution is -2.41. The van der Waals surface area contributed by atoms with Crippen molar-refractivity contribution in [3.63, 3.8) is 0 Å². The maximum absolute atomic E-state index is 5.98. The van der Waals surface area contributed by atoms with Crippen LogP contribution in [0.5, 0.6) is 5.88 Å². The zero-order valence-corrected chi connectivity index (χ0v) is 15.8. The van der Waals surface area contributed by atoms with Crippen molar-refractivity contribution >= 4 is 5.96 Å². The predicted molar refractivity (Wildman–Crippen MR) is 103 cm³/mol.